The number of carbonyl (C=O) groups is 2. The van der Waals surface area contributed by atoms with E-state index in [0.29, 0.717) is 16.7 Å². The summed E-state index contributed by atoms with van der Waals surface area (Å²) in [6, 6.07) is 14.9. The third-order valence-corrected chi connectivity index (χ3v) is 3.78. The summed E-state index contributed by atoms with van der Waals surface area (Å²) < 4.78 is 0. The first-order valence-electron chi connectivity index (χ1n) is 6.47. The summed E-state index contributed by atoms with van der Waals surface area (Å²) in [7, 11) is 0. The molecule has 2 aliphatic rings. The molecule has 20 heavy (non-hydrogen) atoms. The quantitative estimate of drug-likeness (QED) is 0.717. The van der Waals surface area contributed by atoms with E-state index in [0.717, 1.165) is 16.0 Å². The average Bonchev–Trinajstić information content (AvgIpc) is 2.48. The van der Waals surface area contributed by atoms with E-state index in [-0.39, 0.29) is 11.6 Å². The molecule has 0 unspecified atom stereocenters. The first-order chi connectivity index (χ1) is 9.75. The Kier molecular flexibility index (Phi) is 2.15. The fraction of sp³-hybridized carbons (Fsp3) is 0. The number of fused-ring (bicyclic) bond motifs is 3. The second-order valence-corrected chi connectivity index (χ2v) is 4.95. The molecule has 2 aliphatic carbocycles. The highest BCUT2D eigenvalue weighted by atomic mass is 16.1. The summed E-state index contributed by atoms with van der Waals surface area (Å²) in [5.74, 6) is -0.159. The van der Waals surface area contributed by atoms with Crippen molar-refractivity contribution < 1.29 is 9.59 Å². The van der Waals surface area contributed by atoms with Gasteiger partial charge in [0.25, 0.3) is 0 Å². The van der Waals surface area contributed by atoms with Crippen molar-refractivity contribution in [3.05, 3.63) is 75.7 Å². The molecule has 0 aliphatic heterocycles. The Hall–Kier alpha value is -2.74. The fourth-order valence-electron chi connectivity index (χ4n) is 2.85. The van der Waals surface area contributed by atoms with Gasteiger partial charge in [-0.2, -0.15) is 0 Å². The van der Waals surface area contributed by atoms with Crippen LogP contribution in [0, 0.1) is 0 Å². The molecule has 2 aromatic rings. The Bertz CT molecular complexity index is 930. The minimum absolute atomic E-state index is 0.0630. The summed E-state index contributed by atoms with van der Waals surface area (Å²) in [6.45, 7) is 0. The molecule has 0 amide bonds. The van der Waals surface area contributed by atoms with Crippen LogP contribution in [0.4, 0.5) is 0 Å². The number of carbonyl (C=O) groups excluding carboxylic acids is 2. The molecule has 2 aromatic carbocycles. The first kappa shape index (κ1) is 11.1. The van der Waals surface area contributed by atoms with E-state index >= 15 is 0 Å². The van der Waals surface area contributed by atoms with E-state index in [1.165, 1.54) is 0 Å². The second kappa shape index (κ2) is 3.87. The molecule has 0 saturated carbocycles. The molecule has 2 nitrogen and oxygen atoms in total. The molecule has 0 saturated heterocycles. The molecule has 0 aromatic heterocycles. The van der Waals surface area contributed by atoms with E-state index in [4.69, 9.17) is 0 Å². The maximum absolute atomic E-state index is 12.7. The summed E-state index contributed by atoms with van der Waals surface area (Å²) in [5.41, 5.74) is 2.52. The molecular weight excluding hydrogens is 248 g/mol. The van der Waals surface area contributed by atoms with Crippen molar-refractivity contribution >= 4 is 29.3 Å². The van der Waals surface area contributed by atoms with Gasteiger partial charge in [-0.1, -0.05) is 48.5 Å². The van der Waals surface area contributed by atoms with Crippen LogP contribution in [0.5, 0.6) is 0 Å². The van der Waals surface area contributed by atoms with Crippen molar-refractivity contribution in [1.82, 2.24) is 0 Å². The Morgan fingerprint density at radius 2 is 1.50 bits per heavy atom. The van der Waals surface area contributed by atoms with Crippen LogP contribution in [0.25, 0.3) is 17.7 Å². The summed E-state index contributed by atoms with van der Waals surface area (Å²) >= 11 is 0. The van der Waals surface area contributed by atoms with Crippen molar-refractivity contribution in [2.24, 2.45) is 0 Å². The molecule has 94 valence electrons. The number of allylic oxidation sites excluding steroid dienone is 1. The molecule has 0 bridgehead atoms. The molecule has 0 N–H and O–H groups in total. The van der Waals surface area contributed by atoms with E-state index < -0.39 is 0 Å². The van der Waals surface area contributed by atoms with Gasteiger partial charge in [-0.25, -0.2) is 0 Å². The number of hydrogen-bond acceptors (Lipinski definition) is 2. The van der Waals surface area contributed by atoms with Crippen molar-refractivity contribution in [3.8, 4) is 0 Å². The van der Waals surface area contributed by atoms with E-state index in [2.05, 4.69) is 0 Å². The Morgan fingerprint density at radius 3 is 2.40 bits per heavy atom. The molecule has 4 rings (SSSR count). The average molecular weight is 258 g/mol. The van der Waals surface area contributed by atoms with Gasteiger partial charge in [-0.05, 0) is 28.2 Å². The maximum Gasteiger partial charge on any atom is 0.194 e. The lowest BCUT2D eigenvalue weighted by Gasteiger charge is -2.19. The predicted octanol–water partition coefficient (Wildman–Crippen LogP) is 1.48. The molecule has 0 spiro atoms. The highest BCUT2D eigenvalue weighted by Gasteiger charge is 2.29. The topological polar surface area (TPSA) is 34.1 Å². The van der Waals surface area contributed by atoms with E-state index in [1.807, 2.05) is 54.6 Å². The minimum Gasteiger partial charge on any atom is -0.289 e. The summed E-state index contributed by atoms with van der Waals surface area (Å²) in [5, 5.41) is 1.66. The largest absolute Gasteiger partial charge is 0.289 e. The van der Waals surface area contributed by atoms with Gasteiger partial charge in [0.15, 0.2) is 11.6 Å². The predicted molar refractivity (Wildman–Crippen MR) is 77.3 cm³/mol. The standard InChI is InChI=1S/C18H10O2/c19-16-10-12-6-1-3-7-13(12)17-15(16)9-11-5-2-4-8-14(11)18(17)20/h1-10H. The normalized spacial score (nSPS) is 15.8. The van der Waals surface area contributed by atoms with Gasteiger partial charge < -0.3 is 0 Å². The third kappa shape index (κ3) is 1.39. The van der Waals surface area contributed by atoms with Gasteiger partial charge in [0.1, 0.15) is 0 Å². The van der Waals surface area contributed by atoms with Crippen LogP contribution < -0.4 is 10.4 Å². The Labute approximate surface area is 115 Å². The Morgan fingerprint density at radius 1 is 0.750 bits per heavy atom. The molecule has 0 heterocycles. The van der Waals surface area contributed by atoms with Crippen LogP contribution >= 0.6 is 0 Å². The number of Topliss-reactive ketones (excluding diaryl/α,β-unsaturated/α-hetero) is 2. The van der Waals surface area contributed by atoms with Crippen LogP contribution in [-0.4, -0.2) is 11.6 Å². The smallest absolute Gasteiger partial charge is 0.194 e. The number of benzene rings is 2. The highest BCUT2D eigenvalue weighted by molar-refractivity contribution is 6.43. The number of hydrogen-bond donors (Lipinski definition) is 0. The van der Waals surface area contributed by atoms with Gasteiger partial charge in [0.05, 0.1) is 0 Å². The monoisotopic (exact) mass is 258 g/mol. The SMILES string of the molecule is O=C1C=c2ccccc2=C2C(=O)c3ccccc3C=C12. The minimum atomic E-state index is -0.0958. The van der Waals surface area contributed by atoms with Crippen molar-refractivity contribution in [2.75, 3.05) is 0 Å². The van der Waals surface area contributed by atoms with Gasteiger partial charge in [-0.15, -0.1) is 0 Å². The van der Waals surface area contributed by atoms with Crippen LogP contribution in [0.1, 0.15) is 15.9 Å². The number of rotatable bonds is 0. The molecule has 0 radical (unpaired) electrons. The number of ketones is 2. The van der Waals surface area contributed by atoms with Crippen molar-refractivity contribution in [2.45, 2.75) is 0 Å². The summed E-state index contributed by atoms with van der Waals surface area (Å²) in [4.78, 5) is 25.0. The zero-order valence-corrected chi connectivity index (χ0v) is 10.6. The van der Waals surface area contributed by atoms with Crippen molar-refractivity contribution in [3.63, 3.8) is 0 Å². The van der Waals surface area contributed by atoms with Crippen LogP contribution in [0.15, 0.2) is 54.1 Å². The summed E-state index contributed by atoms with van der Waals surface area (Å²) in [6.07, 6.45) is 3.42. The van der Waals surface area contributed by atoms with Crippen LogP contribution in [-0.2, 0) is 4.79 Å². The zero-order chi connectivity index (χ0) is 13.7. The highest BCUT2D eigenvalue weighted by Crippen LogP contribution is 2.29. The van der Waals surface area contributed by atoms with Crippen LogP contribution in [0.2, 0.25) is 0 Å². The zero-order valence-electron chi connectivity index (χ0n) is 10.6. The third-order valence-electron chi connectivity index (χ3n) is 3.78. The second-order valence-electron chi connectivity index (χ2n) is 4.95. The van der Waals surface area contributed by atoms with Gasteiger partial charge >= 0.3 is 0 Å². The Balaban J connectivity index is 2.19. The first-order valence-corrected chi connectivity index (χ1v) is 6.47. The molecular formula is C18H10O2. The van der Waals surface area contributed by atoms with Crippen molar-refractivity contribution in [1.29, 1.82) is 0 Å². The molecule has 0 atom stereocenters. The van der Waals surface area contributed by atoms with Gasteiger partial charge in [-0.3, -0.25) is 9.59 Å². The lowest BCUT2D eigenvalue weighted by Crippen LogP contribution is -2.36. The fourth-order valence-corrected chi connectivity index (χ4v) is 2.85. The molecule has 2 heteroatoms. The molecule has 0 fully saturated rings. The van der Waals surface area contributed by atoms with E-state index in [1.54, 1.807) is 6.08 Å². The van der Waals surface area contributed by atoms with E-state index in [9.17, 15) is 9.59 Å². The van der Waals surface area contributed by atoms with Gasteiger partial charge in [0.2, 0.25) is 0 Å². The lowest BCUT2D eigenvalue weighted by molar-refractivity contribution is -0.109. The van der Waals surface area contributed by atoms with Gasteiger partial charge in [0, 0.05) is 16.7 Å². The maximum atomic E-state index is 12.7. The lowest BCUT2D eigenvalue weighted by atomic mass is 9.81. The van der Waals surface area contributed by atoms with Crippen LogP contribution in [0.3, 0.4) is 0 Å².